The molecule has 0 spiro atoms. The number of ether oxygens (including phenoxy) is 1. The van der Waals surface area contributed by atoms with Gasteiger partial charge in [-0.2, -0.15) is 0 Å². The van der Waals surface area contributed by atoms with Crippen LogP contribution in [0, 0.1) is 6.92 Å². The van der Waals surface area contributed by atoms with Gasteiger partial charge < -0.3 is 9.64 Å². The molecule has 0 N–H and O–H groups in total. The maximum atomic E-state index is 5.45. The number of rotatable bonds is 4. The minimum Gasteiger partial charge on any atom is -0.378 e. The van der Waals surface area contributed by atoms with Crippen molar-refractivity contribution in [1.82, 2.24) is 9.88 Å². The number of aromatic nitrogens is 1. The SMILES string of the molecule is Cc1cc(N2CCOCC2)ncc1[C@H]1CCCN1Cc1ccccc1. The Kier molecular flexibility index (Phi) is 4.99. The van der Waals surface area contributed by atoms with Gasteiger partial charge in [-0.3, -0.25) is 4.90 Å². The van der Waals surface area contributed by atoms with E-state index in [-0.39, 0.29) is 0 Å². The fraction of sp³-hybridized carbons (Fsp3) is 0.476. The predicted octanol–water partition coefficient (Wildman–Crippen LogP) is 3.56. The first-order chi connectivity index (χ1) is 12.3. The van der Waals surface area contributed by atoms with E-state index >= 15 is 0 Å². The molecule has 0 radical (unpaired) electrons. The second kappa shape index (κ2) is 7.54. The standard InChI is InChI=1S/C21H27N3O/c1-17-14-21(23-10-12-25-13-11-23)22-15-19(17)20-8-5-9-24(20)16-18-6-3-2-4-7-18/h2-4,6-7,14-15,20H,5,8-13,16H2,1H3/t20-/m1/s1. The van der Waals surface area contributed by atoms with Crippen molar-refractivity contribution in [2.24, 2.45) is 0 Å². The number of aryl methyl sites for hydroxylation is 1. The van der Waals surface area contributed by atoms with Crippen LogP contribution in [-0.4, -0.2) is 42.7 Å². The molecule has 0 unspecified atom stereocenters. The predicted molar refractivity (Wildman–Crippen MR) is 101 cm³/mol. The van der Waals surface area contributed by atoms with Crippen LogP contribution in [0.2, 0.25) is 0 Å². The molecule has 2 aliphatic heterocycles. The first kappa shape index (κ1) is 16.6. The molecule has 0 saturated carbocycles. The van der Waals surface area contributed by atoms with E-state index < -0.39 is 0 Å². The third kappa shape index (κ3) is 3.70. The molecule has 2 saturated heterocycles. The van der Waals surface area contributed by atoms with Crippen LogP contribution in [0.15, 0.2) is 42.6 Å². The molecule has 0 bridgehead atoms. The Bertz CT molecular complexity index is 698. The first-order valence-electron chi connectivity index (χ1n) is 9.38. The van der Waals surface area contributed by atoms with E-state index in [4.69, 9.17) is 9.72 Å². The summed E-state index contributed by atoms with van der Waals surface area (Å²) in [7, 11) is 0. The highest BCUT2D eigenvalue weighted by Gasteiger charge is 2.27. The quantitative estimate of drug-likeness (QED) is 0.853. The molecule has 4 rings (SSSR count). The molecule has 4 heteroatoms. The summed E-state index contributed by atoms with van der Waals surface area (Å²) >= 11 is 0. The van der Waals surface area contributed by atoms with Gasteiger partial charge in [-0.15, -0.1) is 0 Å². The average Bonchev–Trinajstić information content (AvgIpc) is 3.11. The Hall–Kier alpha value is -1.91. The molecular weight excluding hydrogens is 310 g/mol. The van der Waals surface area contributed by atoms with Gasteiger partial charge in [0.25, 0.3) is 0 Å². The van der Waals surface area contributed by atoms with Crippen LogP contribution in [0.5, 0.6) is 0 Å². The van der Waals surface area contributed by atoms with Gasteiger partial charge in [-0.1, -0.05) is 30.3 Å². The van der Waals surface area contributed by atoms with Gasteiger partial charge in [0.2, 0.25) is 0 Å². The molecule has 1 aromatic heterocycles. The zero-order valence-electron chi connectivity index (χ0n) is 15.0. The number of benzene rings is 1. The molecule has 0 amide bonds. The van der Waals surface area contributed by atoms with Crippen molar-refractivity contribution in [3.63, 3.8) is 0 Å². The maximum absolute atomic E-state index is 5.45. The van der Waals surface area contributed by atoms with Crippen LogP contribution in [0.1, 0.15) is 35.6 Å². The van der Waals surface area contributed by atoms with Crippen molar-refractivity contribution in [1.29, 1.82) is 0 Å². The Balaban J connectivity index is 1.51. The van der Waals surface area contributed by atoms with Gasteiger partial charge in [0, 0.05) is 31.9 Å². The Labute approximate surface area is 150 Å². The normalized spacial score (nSPS) is 21.6. The lowest BCUT2D eigenvalue weighted by Crippen LogP contribution is -2.36. The zero-order valence-corrected chi connectivity index (χ0v) is 15.0. The molecule has 1 aromatic carbocycles. The summed E-state index contributed by atoms with van der Waals surface area (Å²) in [6.07, 6.45) is 4.61. The molecule has 0 aliphatic carbocycles. The number of hydrogen-bond acceptors (Lipinski definition) is 4. The topological polar surface area (TPSA) is 28.6 Å². The Morgan fingerprint density at radius 1 is 1.12 bits per heavy atom. The molecular formula is C21H27N3O. The fourth-order valence-corrected chi connectivity index (χ4v) is 4.05. The van der Waals surface area contributed by atoms with Gasteiger partial charge >= 0.3 is 0 Å². The second-order valence-corrected chi connectivity index (χ2v) is 7.11. The summed E-state index contributed by atoms with van der Waals surface area (Å²) in [6.45, 7) is 7.91. The summed E-state index contributed by atoms with van der Waals surface area (Å²) < 4.78 is 5.45. The van der Waals surface area contributed by atoms with Crippen LogP contribution >= 0.6 is 0 Å². The van der Waals surface area contributed by atoms with Crippen LogP contribution in [0.3, 0.4) is 0 Å². The third-order valence-electron chi connectivity index (χ3n) is 5.42. The summed E-state index contributed by atoms with van der Waals surface area (Å²) in [6, 6.07) is 13.5. The van der Waals surface area contributed by atoms with Gasteiger partial charge in [0.05, 0.1) is 13.2 Å². The van der Waals surface area contributed by atoms with E-state index in [2.05, 4.69) is 59.3 Å². The molecule has 2 fully saturated rings. The largest absolute Gasteiger partial charge is 0.378 e. The minimum absolute atomic E-state index is 0.492. The van der Waals surface area contributed by atoms with Crippen LogP contribution < -0.4 is 4.90 Å². The van der Waals surface area contributed by atoms with Crippen LogP contribution in [-0.2, 0) is 11.3 Å². The Morgan fingerprint density at radius 3 is 2.68 bits per heavy atom. The van der Waals surface area contributed by atoms with E-state index in [9.17, 15) is 0 Å². The molecule has 132 valence electrons. The van der Waals surface area contributed by atoms with E-state index in [1.807, 2.05) is 0 Å². The van der Waals surface area contributed by atoms with Gasteiger partial charge in [0.1, 0.15) is 5.82 Å². The molecule has 2 aliphatic rings. The van der Waals surface area contributed by atoms with Gasteiger partial charge in [-0.25, -0.2) is 4.98 Å². The van der Waals surface area contributed by atoms with E-state index in [0.29, 0.717) is 6.04 Å². The highest BCUT2D eigenvalue weighted by atomic mass is 16.5. The monoisotopic (exact) mass is 337 g/mol. The fourth-order valence-electron chi connectivity index (χ4n) is 4.05. The Morgan fingerprint density at radius 2 is 1.92 bits per heavy atom. The summed E-state index contributed by atoms with van der Waals surface area (Å²) in [5.41, 5.74) is 4.15. The van der Waals surface area contributed by atoms with Crippen molar-refractivity contribution >= 4 is 5.82 Å². The number of likely N-dealkylation sites (tertiary alicyclic amines) is 1. The van der Waals surface area contributed by atoms with Crippen LogP contribution in [0.25, 0.3) is 0 Å². The number of pyridine rings is 1. The highest BCUT2D eigenvalue weighted by Crippen LogP contribution is 2.35. The lowest BCUT2D eigenvalue weighted by Gasteiger charge is -2.30. The van der Waals surface area contributed by atoms with Crippen molar-refractivity contribution in [3.05, 3.63) is 59.3 Å². The summed E-state index contributed by atoms with van der Waals surface area (Å²) in [5.74, 6) is 1.09. The third-order valence-corrected chi connectivity index (χ3v) is 5.42. The van der Waals surface area contributed by atoms with Crippen molar-refractivity contribution in [3.8, 4) is 0 Å². The number of hydrogen-bond donors (Lipinski definition) is 0. The molecule has 3 heterocycles. The van der Waals surface area contributed by atoms with Gasteiger partial charge in [0.15, 0.2) is 0 Å². The molecule has 2 aromatic rings. The van der Waals surface area contributed by atoms with E-state index in [1.54, 1.807) is 0 Å². The van der Waals surface area contributed by atoms with E-state index in [1.165, 1.54) is 36.1 Å². The molecule has 25 heavy (non-hydrogen) atoms. The lowest BCUT2D eigenvalue weighted by atomic mass is 10.0. The second-order valence-electron chi connectivity index (χ2n) is 7.11. The summed E-state index contributed by atoms with van der Waals surface area (Å²) in [4.78, 5) is 9.73. The van der Waals surface area contributed by atoms with Crippen molar-refractivity contribution < 1.29 is 4.74 Å². The molecule has 4 nitrogen and oxygen atoms in total. The highest BCUT2D eigenvalue weighted by molar-refractivity contribution is 5.44. The number of anilines is 1. The number of nitrogens with zero attached hydrogens (tertiary/aromatic N) is 3. The summed E-state index contributed by atoms with van der Waals surface area (Å²) in [5, 5.41) is 0. The van der Waals surface area contributed by atoms with Crippen molar-refractivity contribution in [2.75, 3.05) is 37.7 Å². The van der Waals surface area contributed by atoms with Crippen LogP contribution in [0.4, 0.5) is 5.82 Å². The van der Waals surface area contributed by atoms with Crippen molar-refractivity contribution in [2.45, 2.75) is 32.4 Å². The smallest absolute Gasteiger partial charge is 0.128 e. The average molecular weight is 337 g/mol. The zero-order chi connectivity index (χ0) is 17.1. The minimum atomic E-state index is 0.492. The lowest BCUT2D eigenvalue weighted by molar-refractivity contribution is 0.122. The molecule has 1 atom stereocenters. The number of morpholine rings is 1. The first-order valence-corrected chi connectivity index (χ1v) is 9.38. The van der Waals surface area contributed by atoms with E-state index in [0.717, 1.165) is 38.7 Å². The maximum Gasteiger partial charge on any atom is 0.128 e. The van der Waals surface area contributed by atoms with Gasteiger partial charge in [-0.05, 0) is 49.1 Å².